The van der Waals surface area contributed by atoms with E-state index in [1.54, 1.807) is 6.92 Å². The molecule has 0 rings (SSSR count). The van der Waals surface area contributed by atoms with Gasteiger partial charge in [0.2, 0.25) is 0 Å². The van der Waals surface area contributed by atoms with E-state index in [-0.39, 0.29) is 17.0 Å². The summed E-state index contributed by atoms with van der Waals surface area (Å²) in [5.41, 5.74) is 0. The van der Waals surface area contributed by atoms with Gasteiger partial charge in [-0.05, 0) is 19.9 Å². The number of nitrogens with one attached hydrogen (secondary N) is 1. The first-order chi connectivity index (χ1) is 6.53. The molecule has 0 radical (unpaired) electrons. The number of rotatable bonds is 7. The normalized spacial score (nSPS) is 16.6. The predicted octanol–water partition coefficient (Wildman–Crippen LogP) is 1.59. The number of hydrogen-bond donors (Lipinski definition) is 1. The van der Waals surface area contributed by atoms with E-state index in [2.05, 4.69) is 12.2 Å². The summed E-state index contributed by atoms with van der Waals surface area (Å²) in [5.74, 6) is 0.243. The van der Waals surface area contributed by atoms with E-state index in [0.29, 0.717) is 6.42 Å². The average molecular weight is 221 g/mol. The quantitative estimate of drug-likeness (QED) is 0.710. The van der Waals surface area contributed by atoms with Gasteiger partial charge in [-0.15, -0.1) is 0 Å². The third-order valence-electron chi connectivity index (χ3n) is 2.69. The van der Waals surface area contributed by atoms with E-state index < -0.39 is 9.84 Å². The fourth-order valence-corrected chi connectivity index (χ4v) is 3.54. The Balaban J connectivity index is 4.68. The fraction of sp³-hybridized carbons (Fsp3) is 1.00. The fourth-order valence-electron chi connectivity index (χ4n) is 1.83. The van der Waals surface area contributed by atoms with Crippen molar-refractivity contribution < 1.29 is 8.42 Å². The summed E-state index contributed by atoms with van der Waals surface area (Å²) in [6.45, 7) is 5.74. The first-order valence-corrected chi connectivity index (χ1v) is 7.13. The molecule has 4 heteroatoms. The lowest BCUT2D eigenvalue weighted by Gasteiger charge is -2.25. The van der Waals surface area contributed by atoms with Crippen LogP contribution >= 0.6 is 0 Å². The summed E-state index contributed by atoms with van der Waals surface area (Å²) in [5, 5.41) is 2.89. The molecule has 0 aliphatic carbocycles. The van der Waals surface area contributed by atoms with Crippen molar-refractivity contribution in [3.05, 3.63) is 0 Å². The zero-order chi connectivity index (χ0) is 11.2. The molecule has 0 aromatic rings. The van der Waals surface area contributed by atoms with Crippen LogP contribution in [0.3, 0.4) is 0 Å². The van der Waals surface area contributed by atoms with E-state index in [0.717, 1.165) is 12.8 Å². The summed E-state index contributed by atoms with van der Waals surface area (Å²) >= 11 is 0. The predicted molar refractivity (Wildman–Crippen MR) is 61.3 cm³/mol. The maximum atomic E-state index is 11.8. The highest BCUT2D eigenvalue weighted by molar-refractivity contribution is 7.92. The zero-order valence-electron chi connectivity index (χ0n) is 9.71. The molecular formula is C10H23NO2S. The topological polar surface area (TPSA) is 46.2 Å². The molecule has 0 saturated heterocycles. The first kappa shape index (κ1) is 13.9. The highest BCUT2D eigenvalue weighted by Crippen LogP contribution is 2.15. The van der Waals surface area contributed by atoms with E-state index in [1.807, 2.05) is 14.0 Å². The van der Waals surface area contributed by atoms with Crippen molar-refractivity contribution in [1.82, 2.24) is 5.32 Å². The molecular weight excluding hydrogens is 198 g/mol. The van der Waals surface area contributed by atoms with Crippen LogP contribution in [0.5, 0.6) is 0 Å². The summed E-state index contributed by atoms with van der Waals surface area (Å²) in [6, 6.07) is 0.106. The lowest BCUT2D eigenvalue weighted by atomic mass is 10.1. The molecule has 0 aliphatic heterocycles. The van der Waals surface area contributed by atoms with Crippen molar-refractivity contribution in [2.45, 2.75) is 51.3 Å². The van der Waals surface area contributed by atoms with Gasteiger partial charge in [-0.2, -0.15) is 0 Å². The number of hydrogen-bond acceptors (Lipinski definition) is 3. The van der Waals surface area contributed by atoms with E-state index in [9.17, 15) is 8.42 Å². The molecule has 2 unspecified atom stereocenters. The van der Waals surface area contributed by atoms with Crippen LogP contribution in [0, 0.1) is 0 Å². The van der Waals surface area contributed by atoms with Crippen molar-refractivity contribution in [3.8, 4) is 0 Å². The smallest absolute Gasteiger partial charge is 0.154 e. The summed E-state index contributed by atoms with van der Waals surface area (Å²) < 4.78 is 23.5. The maximum absolute atomic E-state index is 11.8. The maximum Gasteiger partial charge on any atom is 0.154 e. The Labute approximate surface area is 88.2 Å². The molecule has 0 aromatic carbocycles. The largest absolute Gasteiger partial charge is 0.316 e. The molecule has 0 bridgehead atoms. The Morgan fingerprint density at radius 2 is 1.79 bits per heavy atom. The van der Waals surface area contributed by atoms with Crippen LogP contribution in [0.1, 0.15) is 40.0 Å². The highest BCUT2D eigenvalue weighted by Gasteiger charge is 2.28. The SMILES string of the molecule is CCCC(NC)C(CC)S(=O)(=O)CC. The minimum atomic E-state index is -2.91. The standard InChI is InChI=1S/C10H23NO2S/c1-5-8-9(11-4)10(6-2)14(12,13)7-3/h9-11H,5-8H2,1-4H3. The molecule has 3 nitrogen and oxygen atoms in total. The average Bonchev–Trinajstić information content (AvgIpc) is 2.17. The second-order valence-electron chi connectivity index (χ2n) is 3.58. The molecule has 0 amide bonds. The van der Waals surface area contributed by atoms with Gasteiger partial charge in [0.15, 0.2) is 9.84 Å². The lowest BCUT2D eigenvalue weighted by molar-refractivity contribution is 0.465. The molecule has 0 aromatic heterocycles. The Kier molecular flexibility index (Phi) is 6.36. The second kappa shape index (κ2) is 6.40. The van der Waals surface area contributed by atoms with Gasteiger partial charge >= 0.3 is 0 Å². The summed E-state index contributed by atoms with van der Waals surface area (Å²) in [4.78, 5) is 0. The van der Waals surface area contributed by atoms with Gasteiger partial charge < -0.3 is 5.32 Å². The van der Waals surface area contributed by atoms with E-state index >= 15 is 0 Å². The highest BCUT2D eigenvalue weighted by atomic mass is 32.2. The van der Waals surface area contributed by atoms with Crippen LogP contribution in [0.15, 0.2) is 0 Å². The van der Waals surface area contributed by atoms with Crippen molar-refractivity contribution in [2.24, 2.45) is 0 Å². The Morgan fingerprint density at radius 3 is 2.07 bits per heavy atom. The van der Waals surface area contributed by atoms with Gasteiger partial charge in [0, 0.05) is 11.8 Å². The summed E-state index contributed by atoms with van der Waals surface area (Å²) in [7, 11) is -1.06. The van der Waals surface area contributed by atoms with Gasteiger partial charge in [-0.1, -0.05) is 27.2 Å². The van der Waals surface area contributed by atoms with Gasteiger partial charge in [0.25, 0.3) is 0 Å². The first-order valence-electron chi connectivity index (χ1n) is 5.42. The molecule has 2 atom stereocenters. The molecule has 0 heterocycles. The third kappa shape index (κ3) is 3.58. The Hall–Kier alpha value is -0.0900. The molecule has 0 fully saturated rings. The minimum Gasteiger partial charge on any atom is -0.316 e. The Morgan fingerprint density at radius 1 is 1.21 bits per heavy atom. The van der Waals surface area contributed by atoms with Crippen LogP contribution in [0.2, 0.25) is 0 Å². The monoisotopic (exact) mass is 221 g/mol. The van der Waals surface area contributed by atoms with Crippen molar-refractivity contribution in [3.63, 3.8) is 0 Å². The van der Waals surface area contributed by atoms with Crippen LogP contribution in [0.25, 0.3) is 0 Å². The molecule has 0 saturated carbocycles. The zero-order valence-corrected chi connectivity index (χ0v) is 10.5. The van der Waals surface area contributed by atoms with Crippen LogP contribution < -0.4 is 5.32 Å². The van der Waals surface area contributed by atoms with Crippen molar-refractivity contribution in [1.29, 1.82) is 0 Å². The van der Waals surface area contributed by atoms with Crippen LogP contribution in [-0.2, 0) is 9.84 Å². The van der Waals surface area contributed by atoms with E-state index in [4.69, 9.17) is 0 Å². The molecule has 1 N–H and O–H groups in total. The second-order valence-corrected chi connectivity index (χ2v) is 6.09. The van der Waals surface area contributed by atoms with Crippen LogP contribution in [-0.4, -0.2) is 32.5 Å². The van der Waals surface area contributed by atoms with Gasteiger partial charge in [-0.25, -0.2) is 8.42 Å². The van der Waals surface area contributed by atoms with Gasteiger partial charge in [-0.3, -0.25) is 0 Å². The molecule has 86 valence electrons. The third-order valence-corrected chi connectivity index (χ3v) is 5.07. The van der Waals surface area contributed by atoms with Crippen molar-refractivity contribution in [2.75, 3.05) is 12.8 Å². The Bertz CT molecular complexity index is 237. The lowest BCUT2D eigenvalue weighted by Crippen LogP contribution is -2.42. The number of sulfone groups is 1. The molecule has 0 spiro atoms. The minimum absolute atomic E-state index is 0.106. The van der Waals surface area contributed by atoms with E-state index in [1.165, 1.54) is 0 Å². The van der Waals surface area contributed by atoms with Gasteiger partial charge in [0.05, 0.1) is 5.25 Å². The molecule has 14 heavy (non-hydrogen) atoms. The van der Waals surface area contributed by atoms with Crippen LogP contribution in [0.4, 0.5) is 0 Å². The van der Waals surface area contributed by atoms with Gasteiger partial charge in [0.1, 0.15) is 0 Å². The summed E-state index contributed by atoms with van der Waals surface area (Å²) in [6.07, 6.45) is 2.64. The molecule has 0 aliphatic rings. The van der Waals surface area contributed by atoms with Crippen molar-refractivity contribution >= 4 is 9.84 Å².